The molecule has 6 heteroatoms. The molecule has 0 aromatic carbocycles. The lowest BCUT2D eigenvalue weighted by Crippen LogP contribution is -2.33. The molecule has 6 nitrogen and oxygen atoms in total. The van der Waals surface area contributed by atoms with Crippen LogP contribution < -0.4 is 11.1 Å². The zero-order valence-electron chi connectivity index (χ0n) is 13.9. The molecular weight excluding hydrogens is 282 g/mol. The summed E-state index contributed by atoms with van der Waals surface area (Å²) in [5.41, 5.74) is 5.31. The van der Waals surface area contributed by atoms with Crippen LogP contribution in [-0.4, -0.2) is 70.0 Å². The van der Waals surface area contributed by atoms with Crippen LogP contribution >= 0.6 is 0 Å². The quantitative estimate of drug-likeness (QED) is 0.463. The molecule has 1 heterocycles. The molecule has 0 saturated carbocycles. The van der Waals surface area contributed by atoms with Gasteiger partial charge in [0.15, 0.2) is 0 Å². The summed E-state index contributed by atoms with van der Waals surface area (Å²) in [6.07, 6.45) is 6.19. The maximum absolute atomic E-state index is 11.7. The molecule has 3 N–H and O–H groups in total. The average molecular weight is 315 g/mol. The van der Waals surface area contributed by atoms with Crippen molar-refractivity contribution < 1.29 is 14.3 Å². The number of nitrogens with two attached hydrogens (primary N) is 1. The van der Waals surface area contributed by atoms with E-state index in [1.807, 2.05) is 0 Å². The minimum Gasteiger partial charge on any atom is -0.379 e. The van der Waals surface area contributed by atoms with Crippen molar-refractivity contribution in [3.63, 3.8) is 0 Å². The van der Waals surface area contributed by atoms with Crippen LogP contribution in [0.5, 0.6) is 0 Å². The van der Waals surface area contributed by atoms with Crippen LogP contribution in [0.1, 0.15) is 38.5 Å². The summed E-state index contributed by atoms with van der Waals surface area (Å²) in [5, 5.41) is 3.00. The number of hydrogen-bond acceptors (Lipinski definition) is 5. The lowest BCUT2D eigenvalue weighted by atomic mass is 10.2. The van der Waals surface area contributed by atoms with Crippen LogP contribution in [-0.2, 0) is 14.3 Å². The van der Waals surface area contributed by atoms with Gasteiger partial charge in [0.2, 0.25) is 5.91 Å². The molecule has 1 aliphatic rings. The normalized spacial score (nSPS) is 15.3. The monoisotopic (exact) mass is 315 g/mol. The Labute approximate surface area is 134 Å². The average Bonchev–Trinajstić information content (AvgIpc) is 3.02. The molecule has 0 aromatic heterocycles. The van der Waals surface area contributed by atoms with Crippen LogP contribution in [0, 0.1) is 0 Å². The third kappa shape index (κ3) is 11.0. The standard InChI is InChI=1S/C16H33N3O3/c17-7-13-22-15-14-21-12-5-1-2-6-16(20)18-8-11-19-9-3-4-10-19/h1-15,17H2,(H,18,20). The second-order valence-electron chi connectivity index (χ2n) is 5.72. The molecular formula is C16H33N3O3. The lowest BCUT2D eigenvalue weighted by molar-refractivity contribution is -0.121. The first-order valence-electron chi connectivity index (χ1n) is 8.67. The van der Waals surface area contributed by atoms with Gasteiger partial charge in [0.1, 0.15) is 0 Å². The molecule has 0 unspecified atom stereocenters. The predicted octanol–water partition coefficient (Wildman–Crippen LogP) is 0.751. The van der Waals surface area contributed by atoms with Gasteiger partial charge in [-0.05, 0) is 38.8 Å². The summed E-state index contributed by atoms with van der Waals surface area (Å²) in [6.45, 7) is 7.27. The Hall–Kier alpha value is -0.690. The third-order valence-electron chi connectivity index (χ3n) is 3.78. The van der Waals surface area contributed by atoms with Crippen molar-refractivity contribution in [2.75, 3.05) is 59.2 Å². The second kappa shape index (κ2) is 13.9. The fourth-order valence-electron chi connectivity index (χ4n) is 2.52. The van der Waals surface area contributed by atoms with E-state index < -0.39 is 0 Å². The predicted molar refractivity (Wildman–Crippen MR) is 87.8 cm³/mol. The summed E-state index contributed by atoms with van der Waals surface area (Å²) < 4.78 is 10.6. The van der Waals surface area contributed by atoms with Gasteiger partial charge < -0.3 is 25.4 Å². The molecule has 0 radical (unpaired) electrons. The van der Waals surface area contributed by atoms with Gasteiger partial charge in [0.25, 0.3) is 0 Å². The molecule has 0 aromatic rings. The molecule has 0 bridgehead atoms. The summed E-state index contributed by atoms with van der Waals surface area (Å²) in [7, 11) is 0. The van der Waals surface area contributed by atoms with Gasteiger partial charge in [-0.15, -0.1) is 0 Å². The number of unbranched alkanes of at least 4 members (excludes halogenated alkanes) is 2. The van der Waals surface area contributed by atoms with E-state index in [9.17, 15) is 4.79 Å². The van der Waals surface area contributed by atoms with Crippen LogP contribution in [0.15, 0.2) is 0 Å². The van der Waals surface area contributed by atoms with Gasteiger partial charge in [-0.25, -0.2) is 0 Å². The van der Waals surface area contributed by atoms with E-state index in [0.29, 0.717) is 32.8 Å². The Kier molecular flexibility index (Phi) is 12.3. The first-order chi connectivity index (χ1) is 10.8. The lowest BCUT2D eigenvalue weighted by Gasteiger charge is -2.14. The van der Waals surface area contributed by atoms with Gasteiger partial charge in [-0.3, -0.25) is 4.79 Å². The van der Waals surface area contributed by atoms with Gasteiger partial charge in [0.05, 0.1) is 19.8 Å². The van der Waals surface area contributed by atoms with Crippen molar-refractivity contribution in [2.45, 2.75) is 38.5 Å². The van der Waals surface area contributed by atoms with Crippen molar-refractivity contribution in [1.29, 1.82) is 0 Å². The molecule has 0 atom stereocenters. The van der Waals surface area contributed by atoms with Gasteiger partial charge >= 0.3 is 0 Å². The summed E-state index contributed by atoms with van der Waals surface area (Å²) >= 11 is 0. The molecule has 22 heavy (non-hydrogen) atoms. The van der Waals surface area contributed by atoms with Crippen molar-refractivity contribution >= 4 is 5.91 Å². The summed E-state index contributed by atoms with van der Waals surface area (Å²) in [5.74, 6) is 0.176. The Morgan fingerprint density at radius 2 is 1.73 bits per heavy atom. The Balaban J connectivity index is 1.76. The zero-order valence-corrected chi connectivity index (χ0v) is 13.9. The van der Waals surface area contributed by atoms with Gasteiger partial charge in [-0.2, -0.15) is 0 Å². The van der Waals surface area contributed by atoms with E-state index in [0.717, 1.165) is 39.0 Å². The highest BCUT2D eigenvalue weighted by Crippen LogP contribution is 2.05. The second-order valence-corrected chi connectivity index (χ2v) is 5.72. The Bertz CT molecular complexity index is 271. The van der Waals surface area contributed by atoms with E-state index >= 15 is 0 Å². The SMILES string of the molecule is NCCOCCOCCCCCC(=O)NCCN1CCCC1. The number of carbonyl (C=O) groups excluding carboxylic acids is 1. The van der Waals surface area contributed by atoms with Crippen LogP contribution in [0.3, 0.4) is 0 Å². The number of nitrogens with one attached hydrogen (secondary N) is 1. The first kappa shape index (κ1) is 19.4. The zero-order chi connectivity index (χ0) is 15.9. The van der Waals surface area contributed by atoms with E-state index in [2.05, 4.69) is 10.2 Å². The molecule has 1 rings (SSSR count). The minimum absolute atomic E-state index is 0.176. The van der Waals surface area contributed by atoms with Crippen molar-refractivity contribution in [3.8, 4) is 0 Å². The fourth-order valence-corrected chi connectivity index (χ4v) is 2.52. The molecule has 130 valence electrons. The van der Waals surface area contributed by atoms with E-state index in [1.54, 1.807) is 0 Å². The highest BCUT2D eigenvalue weighted by molar-refractivity contribution is 5.75. The summed E-state index contributed by atoms with van der Waals surface area (Å²) in [4.78, 5) is 14.1. The Morgan fingerprint density at radius 3 is 2.45 bits per heavy atom. The number of carbonyl (C=O) groups is 1. The number of hydrogen-bond donors (Lipinski definition) is 2. The molecule has 1 amide bonds. The Morgan fingerprint density at radius 1 is 1.00 bits per heavy atom. The van der Waals surface area contributed by atoms with Gasteiger partial charge in [0, 0.05) is 32.7 Å². The smallest absolute Gasteiger partial charge is 0.220 e. The molecule has 1 fully saturated rings. The van der Waals surface area contributed by atoms with Crippen LogP contribution in [0.25, 0.3) is 0 Å². The van der Waals surface area contributed by atoms with Gasteiger partial charge in [-0.1, -0.05) is 6.42 Å². The highest BCUT2D eigenvalue weighted by atomic mass is 16.5. The van der Waals surface area contributed by atoms with Crippen molar-refractivity contribution in [2.24, 2.45) is 5.73 Å². The van der Waals surface area contributed by atoms with Crippen molar-refractivity contribution in [1.82, 2.24) is 10.2 Å². The van der Waals surface area contributed by atoms with E-state index in [-0.39, 0.29) is 5.91 Å². The maximum atomic E-state index is 11.7. The van der Waals surface area contributed by atoms with Crippen LogP contribution in [0.2, 0.25) is 0 Å². The molecule has 1 aliphatic heterocycles. The topological polar surface area (TPSA) is 76.8 Å². The summed E-state index contributed by atoms with van der Waals surface area (Å²) in [6, 6.07) is 0. The number of rotatable bonds is 14. The molecule has 0 spiro atoms. The first-order valence-corrected chi connectivity index (χ1v) is 8.67. The number of ether oxygens (including phenoxy) is 2. The molecule has 0 aliphatic carbocycles. The largest absolute Gasteiger partial charge is 0.379 e. The molecule has 1 saturated heterocycles. The van der Waals surface area contributed by atoms with Crippen molar-refractivity contribution in [3.05, 3.63) is 0 Å². The maximum Gasteiger partial charge on any atom is 0.220 e. The van der Waals surface area contributed by atoms with Crippen LogP contribution in [0.4, 0.5) is 0 Å². The van der Waals surface area contributed by atoms with E-state index in [1.165, 1.54) is 25.9 Å². The van der Waals surface area contributed by atoms with E-state index in [4.69, 9.17) is 15.2 Å². The number of amides is 1. The fraction of sp³-hybridized carbons (Fsp3) is 0.938. The minimum atomic E-state index is 0.176. The number of nitrogens with zero attached hydrogens (tertiary/aromatic N) is 1. The highest BCUT2D eigenvalue weighted by Gasteiger charge is 2.10. The number of likely N-dealkylation sites (tertiary alicyclic amines) is 1. The third-order valence-corrected chi connectivity index (χ3v) is 3.78.